The van der Waals surface area contributed by atoms with Crippen LogP contribution in [0.1, 0.15) is 63.7 Å². The van der Waals surface area contributed by atoms with Crippen LogP contribution in [0.15, 0.2) is 48.5 Å². The van der Waals surface area contributed by atoms with Crippen LogP contribution in [0.25, 0.3) is 22.5 Å². The molecule has 1 aliphatic carbocycles. The summed E-state index contributed by atoms with van der Waals surface area (Å²) in [5, 5.41) is 19.3. The standard InChI is InChI=1S/C27H34N8/c1-27(2,3)26-29-24(16-18-10-14-21(28)15-11-18)35(32-26)17-19-8-12-20(13-9-19)22-6-4-5-7-23(22)25-30-33-34-31-25/h4-9,12-13,18,21H,10-11,14-17,28H2,1-3H3,(H,30,31,33,34). The van der Waals surface area contributed by atoms with Crippen LogP contribution in [-0.2, 0) is 18.4 Å². The van der Waals surface area contributed by atoms with Crippen molar-refractivity contribution in [3.05, 3.63) is 65.7 Å². The molecule has 35 heavy (non-hydrogen) atoms. The van der Waals surface area contributed by atoms with Crippen LogP contribution in [0.4, 0.5) is 0 Å². The van der Waals surface area contributed by atoms with Gasteiger partial charge in [0.15, 0.2) is 11.6 Å². The van der Waals surface area contributed by atoms with Crippen molar-refractivity contribution < 1.29 is 0 Å². The highest BCUT2D eigenvalue weighted by Gasteiger charge is 2.25. The molecule has 8 nitrogen and oxygen atoms in total. The van der Waals surface area contributed by atoms with Gasteiger partial charge >= 0.3 is 0 Å². The average Bonchev–Trinajstić information content (AvgIpc) is 3.52. The van der Waals surface area contributed by atoms with E-state index in [-0.39, 0.29) is 5.41 Å². The summed E-state index contributed by atoms with van der Waals surface area (Å²) in [7, 11) is 0. The van der Waals surface area contributed by atoms with Crippen LogP contribution in [-0.4, -0.2) is 41.4 Å². The van der Waals surface area contributed by atoms with Crippen LogP contribution in [0.2, 0.25) is 0 Å². The quantitative estimate of drug-likeness (QED) is 0.428. The van der Waals surface area contributed by atoms with Crippen LogP contribution in [0.5, 0.6) is 0 Å². The summed E-state index contributed by atoms with van der Waals surface area (Å²) in [4.78, 5) is 4.99. The highest BCUT2D eigenvalue weighted by atomic mass is 15.5. The Hall–Kier alpha value is -3.39. The van der Waals surface area contributed by atoms with Crippen LogP contribution in [0.3, 0.4) is 0 Å². The first-order valence-electron chi connectivity index (χ1n) is 12.5. The van der Waals surface area contributed by atoms with Crippen molar-refractivity contribution in [1.82, 2.24) is 35.4 Å². The zero-order valence-electron chi connectivity index (χ0n) is 20.8. The molecule has 2 aromatic carbocycles. The lowest BCUT2D eigenvalue weighted by molar-refractivity contribution is 0.317. The predicted molar refractivity (Wildman–Crippen MR) is 137 cm³/mol. The molecule has 1 aliphatic rings. The third-order valence-corrected chi connectivity index (χ3v) is 6.91. The molecule has 0 aliphatic heterocycles. The molecule has 3 N–H and O–H groups in total. The second kappa shape index (κ2) is 9.70. The third-order valence-electron chi connectivity index (χ3n) is 6.91. The minimum atomic E-state index is -0.0853. The Balaban J connectivity index is 1.38. The fourth-order valence-corrected chi connectivity index (χ4v) is 4.80. The first-order valence-corrected chi connectivity index (χ1v) is 12.5. The van der Waals surface area contributed by atoms with Crippen molar-refractivity contribution in [3.8, 4) is 22.5 Å². The van der Waals surface area contributed by atoms with E-state index < -0.39 is 0 Å². The molecule has 0 radical (unpaired) electrons. The molecule has 0 saturated heterocycles. The van der Waals surface area contributed by atoms with Crippen LogP contribution < -0.4 is 5.73 Å². The van der Waals surface area contributed by atoms with E-state index in [4.69, 9.17) is 15.8 Å². The van der Waals surface area contributed by atoms with Gasteiger partial charge in [-0.15, -0.1) is 5.10 Å². The number of rotatable bonds is 6. The molecule has 2 heterocycles. The van der Waals surface area contributed by atoms with Gasteiger partial charge in [0, 0.05) is 23.4 Å². The van der Waals surface area contributed by atoms with Crippen LogP contribution >= 0.6 is 0 Å². The zero-order chi connectivity index (χ0) is 24.4. The Morgan fingerprint density at radius 1 is 0.971 bits per heavy atom. The Morgan fingerprint density at radius 3 is 2.34 bits per heavy atom. The first kappa shape index (κ1) is 23.4. The average molecular weight is 471 g/mol. The molecule has 0 bridgehead atoms. The second-order valence-electron chi connectivity index (χ2n) is 10.7. The molecule has 0 atom stereocenters. The number of nitrogens with two attached hydrogens (primary N) is 1. The van der Waals surface area contributed by atoms with Gasteiger partial charge in [-0.3, -0.25) is 0 Å². The summed E-state index contributed by atoms with van der Waals surface area (Å²) in [6.07, 6.45) is 5.53. The Kier molecular flexibility index (Phi) is 6.47. The summed E-state index contributed by atoms with van der Waals surface area (Å²) < 4.78 is 2.11. The van der Waals surface area contributed by atoms with E-state index in [1.54, 1.807) is 0 Å². The number of hydrogen-bond donors (Lipinski definition) is 2. The second-order valence-corrected chi connectivity index (χ2v) is 10.7. The Labute approximate surface area is 206 Å². The summed E-state index contributed by atoms with van der Waals surface area (Å²) in [6, 6.07) is 17.2. The number of benzene rings is 2. The van der Waals surface area contributed by atoms with Crippen molar-refractivity contribution >= 4 is 0 Å². The van der Waals surface area contributed by atoms with E-state index in [0.29, 0.717) is 24.3 Å². The van der Waals surface area contributed by atoms with E-state index in [1.807, 2.05) is 18.2 Å². The van der Waals surface area contributed by atoms with Gasteiger partial charge in [0.05, 0.1) is 6.54 Å². The van der Waals surface area contributed by atoms with Gasteiger partial charge in [0.25, 0.3) is 0 Å². The molecule has 0 amide bonds. The number of nitrogens with one attached hydrogen (secondary N) is 1. The summed E-state index contributed by atoms with van der Waals surface area (Å²) in [6.45, 7) is 7.23. The summed E-state index contributed by atoms with van der Waals surface area (Å²) in [5.41, 5.74) is 10.4. The number of nitrogens with zero attached hydrogens (tertiary/aromatic N) is 6. The highest BCUT2D eigenvalue weighted by Crippen LogP contribution is 2.30. The van der Waals surface area contributed by atoms with Gasteiger partial charge in [0.2, 0.25) is 0 Å². The molecular weight excluding hydrogens is 436 g/mol. The van der Waals surface area contributed by atoms with Crippen molar-refractivity contribution in [1.29, 1.82) is 0 Å². The smallest absolute Gasteiger partial charge is 0.180 e. The largest absolute Gasteiger partial charge is 0.328 e. The van der Waals surface area contributed by atoms with Gasteiger partial charge in [-0.2, -0.15) is 5.10 Å². The van der Waals surface area contributed by atoms with Crippen molar-refractivity contribution in [2.24, 2.45) is 11.7 Å². The van der Waals surface area contributed by atoms with Crippen LogP contribution in [0, 0.1) is 5.92 Å². The lowest BCUT2D eigenvalue weighted by Crippen LogP contribution is -2.27. The molecule has 4 aromatic rings. The number of hydrogen-bond acceptors (Lipinski definition) is 6. The van der Waals surface area contributed by atoms with Gasteiger partial charge in [-0.25, -0.2) is 14.8 Å². The number of aromatic amines is 1. The van der Waals surface area contributed by atoms with E-state index in [9.17, 15) is 0 Å². The maximum atomic E-state index is 6.13. The zero-order valence-corrected chi connectivity index (χ0v) is 20.8. The molecule has 2 aromatic heterocycles. The van der Waals surface area contributed by atoms with Gasteiger partial charge in [-0.1, -0.05) is 69.3 Å². The molecule has 1 saturated carbocycles. The summed E-state index contributed by atoms with van der Waals surface area (Å²) >= 11 is 0. The van der Waals surface area contributed by atoms with E-state index >= 15 is 0 Å². The lowest BCUT2D eigenvalue weighted by Gasteiger charge is -2.25. The Bertz CT molecular complexity index is 1240. The van der Waals surface area contributed by atoms with Crippen molar-refractivity contribution in [3.63, 3.8) is 0 Å². The lowest BCUT2D eigenvalue weighted by atomic mass is 9.84. The molecule has 182 valence electrons. The number of aromatic nitrogens is 7. The SMILES string of the molecule is CC(C)(C)c1nc(CC2CCC(N)CC2)n(Cc2ccc(-c3ccccc3-c3nnn[nH]3)cc2)n1. The maximum Gasteiger partial charge on any atom is 0.180 e. The minimum absolute atomic E-state index is 0.0853. The molecule has 5 rings (SSSR count). The van der Waals surface area contributed by atoms with E-state index in [0.717, 1.165) is 47.6 Å². The normalized spacial score (nSPS) is 18.6. The van der Waals surface area contributed by atoms with Crippen molar-refractivity contribution in [2.75, 3.05) is 0 Å². The third kappa shape index (κ3) is 5.32. The molecular formula is C27H34N8. The fourth-order valence-electron chi connectivity index (χ4n) is 4.80. The van der Waals surface area contributed by atoms with E-state index in [2.05, 4.69) is 76.4 Å². The molecule has 1 fully saturated rings. The molecule has 0 spiro atoms. The number of H-pyrrole nitrogens is 1. The molecule has 8 heteroatoms. The van der Waals surface area contributed by atoms with Gasteiger partial charge in [0.1, 0.15) is 5.82 Å². The minimum Gasteiger partial charge on any atom is -0.328 e. The fraction of sp³-hybridized carbons (Fsp3) is 0.444. The topological polar surface area (TPSA) is 111 Å². The molecule has 0 unspecified atom stereocenters. The van der Waals surface area contributed by atoms with E-state index in [1.165, 1.54) is 18.4 Å². The first-order chi connectivity index (χ1) is 16.9. The maximum absolute atomic E-state index is 6.13. The Morgan fingerprint density at radius 2 is 1.69 bits per heavy atom. The number of tetrazole rings is 1. The monoisotopic (exact) mass is 470 g/mol. The van der Waals surface area contributed by atoms with Gasteiger partial charge in [-0.05, 0) is 58.7 Å². The predicted octanol–water partition coefficient (Wildman–Crippen LogP) is 4.53. The van der Waals surface area contributed by atoms with Gasteiger partial charge < -0.3 is 5.73 Å². The summed E-state index contributed by atoms with van der Waals surface area (Å²) in [5.74, 6) is 3.29. The van der Waals surface area contributed by atoms with Crippen molar-refractivity contribution in [2.45, 2.75) is 70.9 Å². The highest BCUT2D eigenvalue weighted by molar-refractivity contribution is 5.80.